The number of alkyl halides is 1. The summed E-state index contributed by atoms with van der Waals surface area (Å²) in [4.78, 5) is 23.5. The van der Waals surface area contributed by atoms with Crippen LogP contribution in [0.5, 0.6) is 0 Å². The maximum Gasteiger partial charge on any atom is 0.329 e. The molecule has 0 aliphatic carbocycles. The van der Waals surface area contributed by atoms with Crippen LogP contribution in [-0.2, 0) is 19.1 Å². The summed E-state index contributed by atoms with van der Waals surface area (Å²) in [6, 6.07) is 0. The summed E-state index contributed by atoms with van der Waals surface area (Å²) in [7, 11) is 0. The molecule has 0 aliphatic heterocycles. The topological polar surface area (TPSA) is 64.6 Å². The van der Waals surface area contributed by atoms with Crippen LogP contribution < -0.4 is 5.32 Å². The summed E-state index contributed by atoms with van der Waals surface area (Å²) in [5.41, 5.74) is -2.91. The molecule has 0 aromatic heterocycles. The fourth-order valence-electron chi connectivity index (χ4n) is 1.21. The molecule has 1 N–H and O–H groups in total. The molecule has 0 amide bonds. The van der Waals surface area contributed by atoms with E-state index in [1.165, 1.54) is 6.92 Å². The molecule has 0 saturated heterocycles. The second-order valence-corrected chi connectivity index (χ2v) is 6.91. The van der Waals surface area contributed by atoms with Gasteiger partial charge in [-0.1, -0.05) is 0 Å². The van der Waals surface area contributed by atoms with E-state index in [0.717, 1.165) is 0 Å². The van der Waals surface area contributed by atoms with Gasteiger partial charge in [0.1, 0.15) is 23.4 Å². The third kappa shape index (κ3) is 7.43. The normalized spacial score (nSPS) is 15.4. The van der Waals surface area contributed by atoms with Gasteiger partial charge in [0.15, 0.2) is 0 Å². The number of rotatable bonds is 5. The molecule has 0 saturated carbocycles. The first-order chi connectivity index (χ1) is 8.79. The summed E-state index contributed by atoms with van der Waals surface area (Å²) >= 11 is 0. The number of carbonyl (C=O) groups excluding carboxylic acids is 2. The largest absolute Gasteiger partial charge is 0.459 e. The number of carbonyl (C=O) groups is 2. The Bertz CT molecular complexity index is 357. The van der Waals surface area contributed by atoms with Crippen molar-refractivity contribution in [2.75, 3.05) is 13.2 Å². The average molecular weight is 291 g/mol. The number of hydrogen-bond acceptors (Lipinski definition) is 5. The van der Waals surface area contributed by atoms with E-state index in [9.17, 15) is 14.0 Å². The van der Waals surface area contributed by atoms with Gasteiger partial charge in [0, 0.05) is 0 Å². The van der Waals surface area contributed by atoms with Crippen molar-refractivity contribution in [1.82, 2.24) is 5.32 Å². The number of ether oxygens (including phenoxy) is 2. The van der Waals surface area contributed by atoms with Gasteiger partial charge in [0.2, 0.25) is 0 Å². The molecule has 0 spiro atoms. The molecule has 0 aliphatic rings. The number of hydrogen-bond donors (Lipinski definition) is 1. The van der Waals surface area contributed by atoms with Crippen LogP contribution in [0.1, 0.15) is 48.5 Å². The van der Waals surface area contributed by atoms with E-state index in [1.54, 1.807) is 41.5 Å². The fraction of sp³-hybridized carbons (Fsp3) is 0.857. The summed E-state index contributed by atoms with van der Waals surface area (Å²) < 4.78 is 23.4. The molecule has 118 valence electrons. The quantitative estimate of drug-likeness (QED) is 0.785. The lowest BCUT2D eigenvalue weighted by atomic mass is 10.0. The zero-order chi connectivity index (χ0) is 16.2. The molecular formula is C14H26FNO4. The minimum atomic E-state index is -1.57. The molecule has 1 unspecified atom stereocenters. The highest BCUT2D eigenvalue weighted by Crippen LogP contribution is 2.15. The Morgan fingerprint density at radius 1 is 0.950 bits per heavy atom. The van der Waals surface area contributed by atoms with Gasteiger partial charge in [-0.05, 0) is 48.5 Å². The van der Waals surface area contributed by atoms with Crippen LogP contribution >= 0.6 is 0 Å². The Morgan fingerprint density at radius 2 is 1.40 bits per heavy atom. The zero-order valence-electron chi connectivity index (χ0n) is 13.4. The number of esters is 2. The SMILES string of the molecule is CC(C)(C)OC(=O)CNC(C)(CF)C(=O)OC(C)(C)C. The second kappa shape index (κ2) is 6.52. The van der Waals surface area contributed by atoms with E-state index >= 15 is 0 Å². The van der Waals surface area contributed by atoms with Crippen molar-refractivity contribution < 1.29 is 23.5 Å². The third-order valence-corrected chi connectivity index (χ3v) is 2.16. The molecule has 0 aromatic rings. The van der Waals surface area contributed by atoms with Gasteiger partial charge in [0.25, 0.3) is 0 Å². The van der Waals surface area contributed by atoms with Crippen molar-refractivity contribution in [3.05, 3.63) is 0 Å². The molecule has 20 heavy (non-hydrogen) atoms. The molecule has 0 radical (unpaired) electrons. The molecule has 0 fully saturated rings. The molecule has 6 heteroatoms. The van der Waals surface area contributed by atoms with Crippen LogP contribution in [-0.4, -0.2) is 41.9 Å². The fourth-order valence-corrected chi connectivity index (χ4v) is 1.21. The Labute approximate surface area is 120 Å². The molecule has 0 bridgehead atoms. The van der Waals surface area contributed by atoms with Gasteiger partial charge in [-0.25, -0.2) is 9.18 Å². The van der Waals surface area contributed by atoms with Crippen molar-refractivity contribution in [3.63, 3.8) is 0 Å². The van der Waals surface area contributed by atoms with E-state index in [2.05, 4.69) is 5.32 Å². The van der Waals surface area contributed by atoms with Gasteiger partial charge >= 0.3 is 11.9 Å². The van der Waals surface area contributed by atoms with E-state index in [4.69, 9.17) is 9.47 Å². The molecule has 5 nitrogen and oxygen atoms in total. The Morgan fingerprint density at radius 3 is 1.75 bits per heavy atom. The summed E-state index contributed by atoms with van der Waals surface area (Å²) in [5.74, 6) is -1.29. The van der Waals surface area contributed by atoms with Crippen LogP contribution in [0.2, 0.25) is 0 Å². The van der Waals surface area contributed by atoms with Gasteiger partial charge in [-0.2, -0.15) is 0 Å². The van der Waals surface area contributed by atoms with Crippen molar-refractivity contribution in [1.29, 1.82) is 0 Å². The molecule has 0 rings (SSSR count). The number of halogens is 1. The second-order valence-electron chi connectivity index (χ2n) is 6.91. The zero-order valence-corrected chi connectivity index (χ0v) is 13.4. The van der Waals surface area contributed by atoms with Crippen molar-refractivity contribution in [2.24, 2.45) is 0 Å². The average Bonchev–Trinajstić information content (AvgIpc) is 2.21. The minimum Gasteiger partial charge on any atom is -0.459 e. The van der Waals surface area contributed by atoms with Gasteiger partial charge in [0.05, 0.1) is 6.54 Å². The molecule has 0 aromatic carbocycles. The predicted molar refractivity (Wildman–Crippen MR) is 74.1 cm³/mol. The van der Waals surface area contributed by atoms with E-state index in [0.29, 0.717) is 0 Å². The highest BCUT2D eigenvalue weighted by Gasteiger charge is 2.38. The summed E-state index contributed by atoms with van der Waals surface area (Å²) in [6.45, 7) is 10.4. The molecule has 1 atom stereocenters. The summed E-state index contributed by atoms with van der Waals surface area (Å²) in [6.07, 6.45) is 0. The van der Waals surface area contributed by atoms with Gasteiger partial charge in [-0.15, -0.1) is 0 Å². The van der Waals surface area contributed by atoms with Gasteiger partial charge < -0.3 is 9.47 Å². The Hall–Kier alpha value is -1.17. The first kappa shape index (κ1) is 18.8. The van der Waals surface area contributed by atoms with Crippen LogP contribution in [0.4, 0.5) is 4.39 Å². The maximum atomic E-state index is 13.1. The van der Waals surface area contributed by atoms with Crippen molar-refractivity contribution in [2.45, 2.75) is 65.2 Å². The molecule has 0 heterocycles. The Balaban J connectivity index is 4.60. The molecular weight excluding hydrogens is 265 g/mol. The van der Waals surface area contributed by atoms with Gasteiger partial charge in [-0.3, -0.25) is 10.1 Å². The lowest BCUT2D eigenvalue weighted by Crippen LogP contribution is -2.55. The highest BCUT2D eigenvalue weighted by atomic mass is 19.1. The van der Waals surface area contributed by atoms with E-state index in [-0.39, 0.29) is 6.54 Å². The predicted octanol–water partition coefficient (Wildman–Crippen LogP) is 1.99. The van der Waals surface area contributed by atoms with Crippen LogP contribution in [0.15, 0.2) is 0 Å². The lowest BCUT2D eigenvalue weighted by Gasteiger charge is -2.30. The van der Waals surface area contributed by atoms with E-state index < -0.39 is 35.4 Å². The van der Waals surface area contributed by atoms with E-state index in [1.807, 2.05) is 0 Å². The van der Waals surface area contributed by atoms with Crippen LogP contribution in [0.3, 0.4) is 0 Å². The monoisotopic (exact) mass is 291 g/mol. The Kier molecular flexibility index (Phi) is 6.14. The van der Waals surface area contributed by atoms with Crippen LogP contribution in [0.25, 0.3) is 0 Å². The standard InChI is InChI=1S/C14H26FNO4/c1-12(2,3)19-10(17)8-16-14(7,9-15)11(18)20-13(4,5)6/h16H,8-9H2,1-7H3. The highest BCUT2D eigenvalue weighted by molar-refractivity contribution is 5.82. The maximum absolute atomic E-state index is 13.1. The van der Waals surface area contributed by atoms with Crippen molar-refractivity contribution in [3.8, 4) is 0 Å². The third-order valence-electron chi connectivity index (χ3n) is 2.16. The smallest absolute Gasteiger partial charge is 0.329 e. The minimum absolute atomic E-state index is 0.267. The summed E-state index contributed by atoms with van der Waals surface area (Å²) in [5, 5.41) is 2.57. The van der Waals surface area contributed by atoms with Crippen molar-refractivity contribution >= 4 is 11.9 Å². The first-order valence-electron chi connectivity index (χ1n) is 6.55. The first-order valence-corrected chi connectivity index (χ1v) is 6.55. The van der Waals surface area contributed by atoms with Crippen LogP contribution in [0, 0.1) is 0 Å². The lowest BCUT2D eigenvalue weighted by molar-refractivity contribution is -0.164. The number of nitrogens with one attached hydrogen (secondary N) is 1.